The van der Waals surface area contributed by atoms with Crippen LogP contribution >= 0.6 is 0 Å². The van der Waals surface area contributed by atoms with Crippen LogP contribution in [0.25, 0.3) is 16.9 Å². The van der Waals surface area contributed by atoms with Gasteiger partial charge in [0, 0.05) is 16.9 Å². The van der Waals surface area contributed by atoms with Crippen molar-refractivity contribution in [3.05, 3.63) is 107 Å². The van der Waals surface area contributed by atoms with E-state index in [0.29, 0.717) is 12.2 Å². The lowest BCUT2D eigenvalue weighted by molar-refractivity contribution is 0.674. The van der Waals surface area contributed by atoms with Crippen LogP contribution in [0.1, 0.15) is 31.0 Å². The summed E-state index contributed by atoms with van der Waals surface area (Å²) in [5.41, 5.74) is 11.8. The highest BCUT2D eigenvalue weighted by atomic mass is 16.1. The molecule has 0 fully saturated rings. The fourth-order valence-electron chi connectivity index (χ4n) is 3.92. The van der Waals surface area contributed by atoms with Gasteiger partial charge in [-0.1, -0.05) is 80.1 Å². The van der Waals surface area contributed by atoms with E-state index < -0.39 is 0 Å². The summed E-state index contributed by atoms with van der Waals surface area (Å²) in [6.45, 7) is 2.71. The number of imidazole rings is 1. The molecule has 0 bridgehead atoms. The van der Waals surface area contributed by atoms with Crippen LogP contribution in [0.4, 0.5) is 5.69 Å². The minimum Gasteiger partial charge on any atom is -0.398 e. The van der Waals surface area contributed by atoms with Gasteiger partial charge in [-0.2, -0.15) is 0 Å². The molecule has 4 nitrogen and oxygen atoms in total. The molecular formula is C26H27N3O. The molecule has 0 aliphatic rings. The number of anilines is 1. The van der Waals surface area contributed by atoms with Gasteiger partial charge in [0.15, 0.2) is 0 Å². The molecule has 2 N–H and O–H groups in total. The first-order valence-corrected chi connectivity index (χ1v) is 10.5. The lowest BCUT2D eigenvalue weighted by Gasteiger charge is -2.13. The van der Waals surface area contributed by atoms with Crippen molar-refractivity contribution in [2.75, 3.05) is 5.73 Å². The van der Waals surface area contributed by atoms with Gasteiger partial charge in [-0.3, -0.25) is 9.13 Å². The van der Waals surface area contributed by atoms with Crippen LogP contribution in [0, 0.1) is 0 Å². The molecule has 4 aromatic rings. The number of nitrogens with zero attached hydrogens (tertiary/aromatic N) is 2. The van der Waals surface area contributed by atoms with E-state index in [4.69, 9.17) is 5.73 Å². The second kappa shape index (κ2) is 8.87. The van der Waals surface area contributed by atoms with Gasteiger partial charge in [0.2, 0.25) is 0 Å². The van der Waals surface area contributed by atoms with Gasteiger partial charge in [0.05, 0.1) is 17.9 Å². The van der Waals surface area contributed by atoms with Gasteiger partial charge in [-0.25, -0.2) is 4.79 Å². The van der Waals surface area contributed by atoms with E-state index in [1.807, 2.05) is 81.9 Å². The monoisotopic (exact) mass is 397 g/mol. The van der Waals surface area contributed by atoms with Crippen molar-refractivity contribution >= 4 is 5.69 Å². The molecule has 1 heterocycles. The average Bonchev–Trinajstić information content (AvgIpc) is 3.05. The summed E-state index contributed by atoms with van der Waals surface area (Å²) in [5, 5.41) is 0. The highest BCUT2D eigenvalue weighted by Crippen LogP contribution is 2.31. The molecule has 0 spiro atoms. The third-order valence-electron chi connectivity index (χ3n) is 5.43. The van der Waals surface area contributed by atoms with Crippen molar-refractivity contribution in [3.63, 3.8) is 0 Å². The predicted octanol–water partition coefficient (Wildman–Crippen LogP) is 5.28. The van der Waals surface area contributed by atoms with Crippen LogP contribution < -0.4 is 11.4 Å². The van der Waals surface area contributed by atoms with Crippen molar-refractivity contribution < 1.29 is 0 Å². The average molecular weight is 398 g/mol. The maximum absolute atomic E-state index is 13.7. The molecular weight excluding hydrogens is 370 g/mol. The quantitative estimate of drug-likeness (QED) is 0.431. The summed E-state index contributed by atoms with van der Waals surface area (Å²) in [6.07, 6.45) is 2.88. The lowest BCUT2D eigenvalue weighted by atomic mass is 10.0. The molecule has 30 heavy (non-hydrogen) atoms. The highest BCUT2D eigenvalue weighted by Gasteiger charge is 2.23. The second-order valence-corrected chi connectivity index (χ2v) is 7.51. The van der Waals surface area contributed by atoms with E-state index in [2.05, 4.69) is 19.1 Å². The molecule has 4 rings (SSSR count). The molecule has 0 aliphatic carbocycles. The van der Waals surface area contributed by atoms with E-state index in [1.165, 1.54) is 0 Å². The standard InChI is InChI=1S/C26H27N3O/c1-2-3-18-24-25(22-16-10-11-17-23(22)27)29(21-14-8-5-9-15-21)26(30)28(24)19-20-12-6-4-7-13-20/h4-17H,2-3,18-19,27H2,1H3. The van der Waals surface area contributed by atoms with Gasteiger partial charge < -0.3 is 5.73 Å². The van der Waals surface area contributed by atoms with Gasteiger partial charge in [-0.15, -0.1) is 0 Å². The van der Waals surface area contributed by atoms with Crippen molar-refractivity contribution in [1.29, 1.82) is 0 Å². The van der Waals surface area contributed by atoms with Crippen LogP contribution in [0.15, 0.2) is 89.7 Å². The number of hydrogen-bond donors (Lipinski definition) is 1. The Kier molecular flexibility index (Phi) is 5.84. The highest BCUT2D eigenvalue weighted by molar-refractivity contribution is 5.77. The summed E-state index contributed by atoms with van der Waals surface area (Å²) < 4.78 is 3.74. The first-order valence-electron chi connectivity index (χ1n) is 10.5. The molecule has 152 valence electrons. The Hall–Kier alpha value is -3.53. The fraction of sp³-hybridized carbons (Fsp3) is 0.192. The van der Waals surface area contributed by atoms with Gasteiger partial charge in [0.25, 0.3) is 0 Å². The van der Waals surface area contributed by atoms with Crippen molar-refractivity contribution in [1.82, 2.24) is 9.13 Å². The van der Waals surface area contributed by atoms with E-state index in [1.54, 1.807) is 0 Å². The van der Waals surface area contributed by atoms with Crippen LogP contribution in [0.5, 0.6) is 0 Å². The molecule has 3 aromatic carbocycles. The minimum absolute atomic E-state index is 0.0330. The van der Waals surface area contributed by atoms with E-state index in [0.717, 1.165) is 47.5 Å². The SMILES string of the molecule is CCCCc1c(-c2ccccc2N)n(-c2ccccc2)c(=O)n1Cc1ccccc1. The van der Waals surface area contributed by atoms with Crippen LogP contribution in [-0.4, -0.2) is 9.13 Å². The molecule has 1 aromatic heterocycles. The Morgan fingerprint density at radius 3 is 2.13 bits per heavy atom. The number of aromatic nitrogens is 2. The smallest absolute Gasteiger partial charge is 0.333 e. The first-order chi connectivity index (χ1) is 14.7. The van der Waals surface area contributed by atoms with E-state index in [-0.39, 0.29) is 5.69 Å². The predicted molar refractivity (Wildman–Crippen MR) is 124 cm³/mol. The number of unbranched alkanes of at least 4 members (excludes halogenated alkanes) is 1. The lowest BCUT2D eigenvalue weighted by Crippen LogP contribution is -2.25. The van der Waals surface area contributed by atoms with E-state index in [9.17, 15) is 4.79 Å². The van der Waals surface area contributed by atoms with Gasteiger partial charge in [0.1, 0.15) is 0 Å². The topological polar surface area (TPSA) is 52.9 Å². The molecule has 0 unspecified atom stereocenters. The molecule has 0 aliphatic heterocycles. The Morgan fingerprint density at radius 2 is 1.47 bits per heavy atom. The zero-order valence-electron chi connectivity index (χ0n) is 17.3. The maximum atomic E-state index is 13.7. The summed E-state index contributed by atoms with van der Waals surface area (Å²) in [6, 6.07) is 27.8. The molecule has 0 saturated heterocycles. The van der Waals surface area contributed by atoms with Crippen molar-refractivity contribution in [2.24, 2.45) is 0 Å². The number of nitrogens with two attached hydrogens (primary N) is 1. The Bertz CT molecular complexity index is 1170. The van der Waals surface area contributed by atoms with Gasteiger partial charge in [-0.05, 0) is 36.6 Å². The number of benzene rings is 3. The fourth-order valence-corrected chi connectivity index (χ4v) is 3.92. The Morgan fingerprint density at radius 1 is 0.833 bits per heavy atom. The van der Waals surface area contributed by atoms with Gasteiger partial charge >= 0.3 is 5.69 Å². The maximum Gasteiger partial charge on any atom is 0.333 e. The summed E-state index contributed by atoms with van der Waals surface area (Å²) in [4.78, 5) is 13.7. The number of rotatable bonds is 7. The zero-order valence-corrected chi connectivity index (χ0v) is 17.3. The minimum atomic E-state index is -0.0330. The number of para-hydroxylation sites is 2. The number of nitrogen functional groups attached to an aromatic ring is 1. The van der Waals surface area contributed by atoms with Crippen LogP contribution in [-0.2, 0) is 13.0 Å². The van der Waals surface area contributed by atoms with Crippen molar-refractivity contribution in [3.8, 4) is 16.9 Å². The Labute approximate surface area is 177 Å². The third-order valence-corrected chi connectivity index (χ3v) is 5.43. The molecule has 0 saturated carbocycles. The summed E-state index contributed by atoms with van der Waals surface area (Å²) in [5.74, 6) is 0. The van der Waals surface area contributed by atoms with Crippen LogP contribution in [0.3, 0.4) is 0 Å². The molecule has 0 atom stereocenters. The zero-order chi connectivity index (χ0) is 20.9. The Balaban J connectivity index is 2.01. The largest absolute Gasteiger partial charge is 0.398 e. The summed E-state index contributed by atoms with van der Waals surface area (Å²) >= 11 is 0. The van der Waals surface area contributed by atoms with E-state index >= 15 is 0 Å². The molecule has 4 heteroatoms. The molecule has 0 radical (unpaired) electrons. The second-order valence-electron chi connectivity index (χ2n) is 7.51. The normalized spacial score (nSPS) is 11.0. The first kappa shape index (κ1) is 19.8. The third kappa shape index (κ3) is 3.81. The summed E-state index contributed by atoms with van der Waals surface area (Å²) in [7, 11) is 0. The van der Waals surface area contributed by atoms with Crippen molar-refractivity contribution in [2.45, 2.75) is 32.7 Å². The molecule has 0 amide bonds. The number of hydrogen-bond acceptors (Lipinski definition) is 2. The van der Waals surface area contributed by atoms with Crippen LogP contribution in [0.2, 0.25) is 0 Å².